The van der Waals surface area contributed by atoms with Crippen molar-refractivity contribution in [3.05, 3.63) is 0 Å². The summed E-state index contributed by atoms with van der Waals surface area (Å²) in [5.74, 6) is -1.52. The van der Waals surface area contributed by atoms with E-state index in [9.17, 15) is 9.59 Å². The second kappa shape index (κ2) is 4.23. The van der Waals surface area contributed by atoms with Crippen molar-refractivity contribution in [2.24, 2.45) is 5.92 Å². The molecule has 0 aliphatic carbocycles. The summed E-state index contributed by atoms with van der Waals surface area (Å²) in [6.45, 7) is 2.47. The number of carboxylic acids is 1. The minimum absolute atomic E-state index is 0.305. The molecule has 1 fully saturated rings. The van der Waals surface area contributed by atoms with E-state index in [4.69, 9.17) is 9.84 Å². The predicted molar refractivity (Wildman–Crippen MR) is 44.2 cm³/mol. The van der Waals surface area contributed by atoms with Crippen molar-refractivity contribution in [2.45, 2.75) is 19.4 Å². The van der Waals surface area contributed by atoms with E-state index in [0.29, 0.717) is 19.6 Å². The first kappa shape index (κ1) is 9.98. The van der Waals surface area contributed by atoms with Crippen molar-refractivity contribution in [3.63, 3.8) is 0 Å². The van der Waals surface area contributed by atoms with Crippen LogP contribution in [0.4, 0.5) is 0 Å². The highest BCUT2D eigenvalue weighted by molar-refractivity contribution is 5.78. The molecule has 2 atom stereocenters. The molecule has 5 nitrogen and oxygen atoms in total. The first-order valence-corrected chi connectivity index (χ1v) is 4.28. The lowest BCUT2D eigenvalue weighted by Crippen LogP contribution is -2.29. The van der Waals surface area contributed by atoms with Crippen LogP contribution in [0, 0.1) is 5.92 Å². The molecule has 5 heteroatoms. The van der Waals surface area contributed by atoms with Gasteiger partial charge in [0, 0.05) is 6.54 Å². The minimum atomic E-state index is -0.910. The van der Waals surface area contributed by atoms with Crippen LogP contribution < -0.4 is 5.32 Å². The fraction of sp³-hybridized carbons (Fsp3) is 0.750. The van der Waals surface area contributed by atoms with Crippen LogP contribution in [0.2, 0.25) is 0 Å². The number of hydrogen-bond donors (Lipinski definition) is 2. The summed E-state index contributed by atoms with van der Waals surface area (Å²) in [7, 11) is 0. The molecule has 0 bridgehead atoms. The summed E-state index contributed by atoms with van der Waals surface area (Å²) in [6, 6.07) is -0.602. The summed E-state index contributed by atoms with van der Waals surface area (Å²) < 4.78 is 4.78. The summed E-state index contributed by atoms with van der Waals surface area (Å²) in [5.41, 5.74) is 0. The molecular weight excluding hydrogens is 174 g/mol. The van der Waals surface area contributed by atoms with Crippen LogP contribution in [0.15, 0.2) is 0 Å². The van der Waals surface area contributed by atoms with Gasteiger partial charge >= 0.3 is 11.9 Å². The summed E-state index contributed by atoms with van der Waals surface area (Å²) in [6.07, 6.45) is 0.328. The second-order valence-electron chi connectivity index (χ2n) is 2.98. The molecule has 2 N–H and O–H groups in total. The zero-order chi connectivity index (χ0) is 9.84. The SMILES string of the molecule is CCOC(=O)[C@H]1CN[C@H](C(=O)O)C1. The monoisotopic (exact) mass is 187 g/mol. The quantitative estimate of drug-likeness (QED) is 0.588. The molecule has 74 valence electrons. The van der Waals surface area contributed by atoms with Crippen molar-refractivity contribution in [3.8, 4) is 0 Å². The molecule has 0 aromatic heterocycles. The zero-order valence-electron chi connectivity index (χ0n) is 7.45. The summed E-state index contributed by atoms with van der Waals surface area (Å²) in [4.78, 5) is 21.7. The van der Waals surface area contributed by atoms with Crippen LogP contribution in [0.1, 0.15) is 13.3 Å². The molecule has 13 heavy (non-hydrogen) atoms. The van der Waals surface area contributed by atoms with Crippen molar-refractivity contribution < 1.29 is 19.4 Å². The third kappa shape index (κ3) is 2.42. The number of nitrogens with one attached hydrogen (secondary N) is 1. The molecule has 0 aromatic rings. The van der Waals surface area contributed by atoms with E-state index in [-0.39, 0.29) is 11.9 Å². The molecule has 1 saturated heterocycles. The lowest BCUT2D eigenvalue weighted by atomic mass is 10.1. The maximum Gasteiger partial charge on any atom is 0.320 e. The molecule has 0 saturated carbocycles. The maximum absolute atomic E-state index is 11.2. The van der Waals surface area contributed by atoms with Gasteiger partial charge in [-0.3, -0.25) is 9.59 Å². The van der Waals surface area contributed by atoms with Gasteiger partial charge in [-0.05, 0) is 13.3 Å². The van der Waals surface area contributed by atoms with E-state index in [2.05, 4.69) is 5.32 Å². The van der Waals surface area contributed by atoms with Crippen molar-refractivity contribution in [1.82, 2.24) is 5.32 Å². The largest absolute Gasteiger partial charge is 0.480 e. The predicted octanol–water partition coefficient (Wildman–Crippen LogP) is -0.388. The van der Waals surface area contributed by atoms with Gasteiger partial charge in [-0.15, -0.1) is 0 Å². The van der Waals surface area contributed by atoms with E-state index in [1.165, 1.54) is 0 Å². The van der Waals surface area contributed by atoms with Gasteiger partial charge in [0.15, 0.2) is 0 Å². The number of carbonyl (C=O) groups excluding carboxylic acids is 1. The van der Waals surface area contributed by atoms with Gasteiger partial charge in [-0.2, -0.15) is 0 Å². The Morgan fingerprint density at radius 3 is 2.77 bits per heavy atom. The van der Waals surface area contributed by atoms with Gasteiger partial charge < -0.3 is 15.2 Å². The Balaban J connectivity index is 2.40. The average molecular weight is 187 g/mol. The Kier molecular flexibility index (Phi) is 3.25. The number of esters is 1. The molecule has 0 aromatic carbocycles. The highest BCUT2D eigenvalue weighted by Gasteiger charge is 2.34. The normalized spacial score (nSPS) is 27.2. The van der Waals surface area contributed by atoms with Gasteiger partial charge in [0.1, 0.15) is 6.04 Å². The molecule has 1 rings (SSSR count). The van der Waals surface area contributed by atoms with Crippen LogP contribution in [-0.2, 0) is 14.3 Å². The highest BCUT2D eigenvalue weighted by Crippen LogP contribution is 2.15. The molecule has 1 heterocycles. The topological polar surface area (TPSA) is 75.6 Å². The van der Waals surface area contributed by atoms with E-state index in [1.807, 2.05) is 0 Å². The van der Waals surface area contributed by atoms with Crippen molar-refractivity contribution in [1.29, 1.82) is 0 Å². The van der Waals surface area contributed by atoms with E-state index in [0.717, 1.165) is 0 Å². The van der Waals surface area contributed by atoms with Crippen molar-refractivity contribution in [2.75, 3.05) is 13.2 Å². The number of carboxylic acid groups (broad SMARTS) is 1. The fourth-order valence-corrected chi connectivity index (χ4v) is 1.36. The zero-order valence-corrected chi connectivity index (χ0v) is 7.45. The molecule has 0 spiro atoms. The number of ether oxygens (including phenoxy) is 1. The molecular formula is C8H13NO4. The average Bonchev–Trinajstić information content (AvgIpc) is 2.52. The second-order valence-corrected chi connectivity index (χ2v) is 2.98. The first-order valence-electron chi connectivity index (χ1n) is 4.28. The lowest BCUT2D eigenvalue weighted by molar-refractivity contribution is -0.147. The molecule has 1 aliphatic heterocycles. The molecule has 0 amide bonds. The lowest BCUT2D eigenvalue weighted by Gasteiger charge is -2.06. The Hall–Kier alpha value is -1.10. The van der Waals surface area contributed by atoms with Crippen LogP contribution in [0.5, 0.6) is 0 Å². The summed E-state index contributed by atoms with van der Waals surface area (Å²) in [5, 5.41) is 11.4. The van der Waals surface area contributed by atoms with Gasteiger partial charge in [0.05, 0.1) is 12.5 Å². The van der Waals surface area contributed by atoms with Crippen LogP contribution in [0.25, 0.3) is 0 Å². The minimum Gasteiger partial charge on any atom is -0.480 e. The molecule has 0 radical (unpaired) electrons. The van der Waals surface area contributed by atoms with Gasteiger partial charge in [0.25, 0.3) is 0 Å². The summed E-state index contributed by atoms with van der Waals surface area (Å²) >= 11 is 0. The van der Waals surface area contributed by atoms with E-state index in [1.54, 1.807) is 6.92 Å². The Bertz CT molecular complexity index is 216. The first-order chi connectivity index (χ1) is 6.15. The highest BCUT2D eigenvalue weighted by atomic mass is 16.5. The van der Waals surface area contributed by atoms with Crippen LogP contribution in [0.3, 0.4) is 0 Å². The maximum atomic E-state index is 11.2. The Labute approximate surface area is 76.1 Å². The van der Waals surface area contributed by atoms with Gasteiger partial charge in [0.2, 0.25) is 0 Å². The van der Waals surface area contributed by atoms with Crippen LogP contribution in [-0.4, -0.2) is 36.2 Å². The third-order valence-electron chi connectivity index (χ3n) is 2.05. The van der Waals surface area contributed by atoms with E-state index >= 15 is 0 Å². The molecule has 1 aliphatic rings. The number of aliphatic carboxylic acids is 1. The van der Waals surface area contributed by atoms with Crippen LogP contribution >= 0.6 is 0 Å². The standard InChI is InChI=1S/C8H13NO4/c1-2-13-8(12)5-3-6(7(10)11)9-4-5/h5-6,9H,2-4H2,1H3,(H,10,11)/t5-,6+/m1/s1. The number of rotatable bonds is 3. The fourth-order valence-electron chi connectivity index (χ4n) is 1.36. The molecule has 0 unspecified atom stereocenters. The smallest absolute Gasteiger partial charge is 0.320 e. The van der Waals surface area contributed by atoms with Gasteiger partial charge in [-0.25, -0.2) is 0 Å². The number of hydrogen-bond acceptors (Lipinski definition) is 4. The van der Waals surface area contributed by atoms with Crippen molar-refractivity contribution >= 4 is 11.9 Å². The number of carbonyl (C=O) groups is 2. The third-order valence-corrected chi connectivity index (χ3v) is 2.05. The Morgan fingerprint density at radius 1 is 1.62 bits per heavy atom. The van der Waals surface area contributed by atoms with Gasteiger partial charge in [-0.1, -0.05) is 0 Å². The van der Waals surface area contributed by atoms with E-state index < -0.39 is 12.0 Å². The Morgan fingerprint density at radius 2 is 2.31 bits per heavy atom.